The first-order valence-electron chi connectivity index (χ1n) is 7.31. The van der Waals surface area contributed by atoms with Crippen LogP contribution >= 0.6 is 0 Å². The zero-order chi connectivity index (χ0) is 16.7. The molecule has 2 rings (SSSR count). The summed E-state index contributed by atoms with van der Waals surface area (Å²) in [6.07, 6.45) is 2.35. The number of aromatic nitrogens is 1. The molecule has 1 heterocycles. The average Bonchev–Trinajstić information content (AvgIpc) is 2.56. The van der Waals surface area contributed by atoms with Crippen LogP contribution in [0.15, 0.2) is 53.6 Å². The smallest absolute Gasteiger partial charge is 0.251 e. The van der Waals surface area contributed by atoms with Gasteiger partial charge in [-0.05, 0) is 36.4 Å². The Labute approximate surface area is 136 Å². The van der Waals surface area contributed by atoms with E-state index in [0.29, 0.717) is 25.1 Å². The molecule has 7 heteroatoms. The zero-order valence-electron chi connectivity index (χ0n) is 12.8. The van der Waals surface area contributed by atoms with Gasteiger partial charge in [0.25, 0.3) is 5.91 Å². The number of sulfonamides is 1. The summed E-state index contributed by atoms with van der Waals surface area (Å²) in [6, 6.07) is 11.5. The standard InChI is InChI=1S/C16H19N3O3S/c1-2-19-23(21,22)15-8-6-13(7-9-15)16(20)18-12-10-14-5-3-4-11-17-14/h3-9,11,19H,2,10,12H2,1H3,(H,18,20). The molecule has 0 atom stereocenters. The van der Waals surface area contributed by atoms with Crippen molar-refractivity contribution in [2.45, 2.75) is 18.2 Å². The quantitative estimate of drug-likeness (QED) is 0.800. The van der Waals surface area contributed by atoms with E-state index in [4.69, 9.17) is 0 Å². The SMILES string of the molecule is CCNS(=O)(=O)c1ccc(C(=O)NCCc2ccccn2)cc1. The van der Waals surface area contributed by atoms with Crippen LogP contribution in [0.2, 0.25) is 0 Å². The fourth-order valence-corrected chi connectivity index (χ4v) is 3.05. The Balaban J connectivity index is 1.93. The first-order chi connectivity index (χ1) is 11.0. The van der Waals surface area contributed by atoms with E-state index >= 15 is 0 Å². The van der Waals surface area contributed by atoms with Gasteiger partial charge in [0.1, 0.15) is 0 Å². The zero-order valence-corrected chi connectivity index (χ0v) is 13.6. The van der Waals surface area contributed by atoms with Gasteiger partial charge in [0.15, 0.2) is 0 Å². The minimum Gasteiger partial charge on any atom is -0.352 e. The Morgan fingerprint density at radius 1 is 1.13 bits per heavy atom. The number of carbonyl (C=O) groups is 1. The minimum atomic E-state index is -3.50. The molecule has 2 aromatic rings. The molecule has 0 saturated heterocycles. The van der Waals surface area contributed by atoms with E-state index in [1.165, 1.54) is 24.3 Å². The van der Waals surface area contributed by atoms with E-state index in [1.807, 2.05) is 18.2 Å². The number of pyridine rings is 1. The molecule has 122 valence electrons. The maximum atomic E-state index is 12.0. The second-order valence-corrected chi connectivity index (χ2v) is 6.62. The van der Waals surface area contributed by atoms with Gasteiger partial charge < -0.3 is 5.32 Å². The van der Waals surface area contributed by atoms with Crippen molar-refractivity contribution in [3.05, 3.63) is 59.9 Å². The topological polar surface area (TPSA) is 88.2 Å². The van der Waals surface area contributed by atoms with Crippen LogP contribution in [0.4, 0.5) is 0 Å². The number of hydrogen-bond acceptors (Lipinski definition) is 4. The predicted molar refractivity (Wildman–Crippen MR) is 87.6 cm³/mol. The normalized spacial score (nSPS) is 11.2. The largest absolute Gasteiger partial charge is 0.352 e. The van der Waals surface area contributed by atoms with E-state index in [2.05, 4.69) is 15.0 Å². The van der Waals surface area contributed by atoms with E-state index in [-0.39, 0.29) is 10.8 Å². The lowest BCUT2D eigenvalue weighted by Crippen LogP contribution is -2.26. The molecule has 0 aliphatic rings. The van der Waals surface area contributed by atoms with E-state index < -0.39 is 10.0 Å². The lowest BCUT2D eigenvalue weighted by Gasteiger charge is -2.07. The molecule has 0 radical (unpaired) electrons. The fraction of sp³-hybridized carbons (Fsp3) is 0.250. The molecule has 0 unspecified atom stereocenters. The maximum Gasteiger partial charge on any atom is 0.251 e. The molecule has 23 heavy (non-hydrogen) atoms. The first-order valence-corrected chi connectivity index (χ1v) is 8.79. The number of nitrogens with zero attached hydrogens (tertiary/aromatic N) is 1. The van der Waals surface area contributed by atoms with Crippen LogP contribution in [-0.4, -0.2) is 32.4 Å². The van der Waals surface area contributed by atoms with Crippen molar-refractivity contribution >= 4 is 15.9 Å². The highest BCUT2D eigenvalue weighted by Gasteiger charge is 2.13. The van der Waals surface area contributed by atoms with Gasteiger partial charge >= 0.3 is 0 Å². The van der Waals surface area contributed by atoms with Gasteiger partial charge in [0, 0.05) is 37.0 Å². The number of nitrogens with one attached hydrogen (secondary N) is 2. The molecule has 0 spiro atoms. The first kappa shape index (κ1) is 17.1. The molecule has 0 aliphatic carbocycles. The highest BCUT2D eigenvalue weighted by Crippen LogP contribution is 2.10. The Hall–Kier alpha value is -2.25. The third-order valence-corrected chi connectivity index (χ3v) is 4.72. The van der Waals surface area contributed by atoms with Crippen molar-refractivity contribution in [2.24, 2.45) is 0 Å². The number of rotatable bonds is 7. The Kier molecular flexibility index (Phi) is 5.84. The van der Waals surface area contributed by atoms with E-state index in [0.717, 1.165) is 5.69 Å². The third-order valence-electron chi connectivity index (χ3n) is 3.15. The average molecular weight is 333 g/mol. The summed E-state index contributed by atoms with van der Waals surface area (Å²) >= 11 is 0. The molecule has 1 amide bonds. The van der Waals surface area contributed by atoms with Gasteiger partial charge in [0.2, 0.25) is 10.0 Å². The molecule has 0 fully saturated rings. The second-order valence-electron chi connectivity index (χ2n) is 4.85. The highest BCUT2D eigenvalue weighted by atomic mass is 32.2. The van der Waals surface area contributed by atoms with Crippen molar-refractivity contribution in [3.63, 3.8) is 0 Å². The minimum absolute atomic E-state index is 0.143. The maximum absolute atomic E-state index is 12.0. The third kappa shape index (κ3) is 4.87. The number of hydrogen-bond donors (Lipinski definition) is 2. The number of benzene rings is 1. The van der Waals surface area contributed by atoms with Crippen LogP contribution in [-0.2, 0) is 16.4 Å². The van der Waals surface area contributed by atoms with Crippen molar-refractivity contribution in [1.29, 1.82) is 0 Å². The van der Waals surface area contributed by atoms with Crippen molar-refractivity contribution < 1.29 is 13.2 Å². The van der Waals surface area contributed by atoms with Crippen molar-refractivity contribution in [3.8, 4) is 0 Å². The monoisotopic (exact) mass is 333 g/mol. The van der Waals surface area contributed by atoms with Gasteiger partial charge in [-0.2, -0.15) is 0 Å². The molecule has 0 aliphatic heterocycles. The van der Waals surface area contributed by atoms with Crippen molar-refractivity contribution in [2.75, 3.05) is 13.1 Å². The lowest BCUT2D eigenvalue weighted by molar-refractivity contribution is 0.0954. The molecule has 0 saturated carbocycles. The summed E-state index contributed by atoms with van der Waals surface area (Å²) in [4.78, 5) is 16.3. The van der Waals surface area contributed by atoms with Crippen LogP contribution in [0.3, 0.4) is 0 Å². The summed E-state index contributed by atoms with van der Waals surface area (Å²) in [5.74, 6) is -0.242. The molecular weight excluding hydrogens is 314 g/mol. The summed E-state index contributed by atoms with van der Waals surface area (Å²) in [7, 11) is -3.50. The van der Waals surface area contributed by atoms with Crippen LogP contribution in [0, 0.1) is 0 Å². The van der Waals surface area contributed by atoms with Gasteiger partial charge in [-0.1, -0.05) is 13.0 Å². The molecule has 2 N–H and O–H groups in total. The Morgan fingerprint density at radius 2 is 1.87 bits per heavy atom. The van der Waals surface area contributed by atoms with Crippen LogP contribution in [0.1, 0.15) is 23.0 Å². The van der Waals surface area contributed by atoms with Crippen LogP contribution < -0.4 is 10.0 Å². The second kappa shape index (κ2) is 7.85. The fourth-order valence-electron chi connectivity index (χ4n) is 2.01. The lowest BCUT2D eigenvalue weighted by atomic mass is 10.2. The highest BCUT2D eigenvalue weighted by molar-refractivity contribution is 7.89. The molecule has 0 bridgehead atoms. The summed E-state index contributed by atoms with van der Waals surface area (Å²) in [5.41, 5.74) is 1.32. The van der Waals surface area contributed by atoms with Gasteiger partial charge in [-0.3, -0.25) is 9.78 Å². The van der Waals surface area contributed by atoms with Crippen LogP contribution in [0.25, 0.3) is 0 Å². The Morgan fingerprint density at radius 3 is 2.48 bits per heavy atom. The molecule has 6 nitrogen and oxygen atoms in total. The summed E-state index contributed by atoms with van der Waals surface area (Å²) in [6.45, 7) is 2.49. The summed E-state index contributed by atoms with van der Waals surface area (Å²) < 4.78 is 26.1. The predicted octanol–water partition coefficient (Wildman–Crippen LogP) is 1.35. The van der Waals surface area contributed by atoms with Gasteiger partial charge in [0.05, 0.1) is 4.90 Å². The number of amides is 1. The van der Waals surface area contributed by atoms with Gasteiger partial charge in [-0.15, -0.1) is 0 Å². The van der Waals surface area contributed by atoms with Crippen molar-refractivity contribution in [1.82, 2.24) is 15.0 Å². The molecule has 1 aromatic carbocycles. The van der Waals surface area contributed by atoms with Crippen LogP contribution in [0.5, 0.6) is 0 Å². The number of carbonyl (C=O) groups excluding carboxylic acids is 1. The summed E-state index contributed by atoms with van der Waals surface area (Å²) in [5, 5.41) is 2.79. The Bertz CT molecular complexity index is 744. The van der Waals surface area contributed by atoms with E-state index in [9.17, 15) is 13.2 Å². The van der Waals surface area contributed by atoms with E-state index in [1.54, 1.807) is 13.1 Å². The van der Waals surface area contributed by atoms with Gasteiger partial charge in [-0.25, -0.2) is 13.1 Å². The molecular formula is C16H19N3O3S. The molecule has 1 aromatic heterocycles.